The Morgan fingerprint density at radius 3 is 2.35 bits per heavy atom. The molecule has 1 unspecified atom stereocenters. The lowest BCUT2D eigenvalue weighted by molar-refractivity contribution is -0.137. The predicted octanol–water partition coefficient (Wildman–Crippen LogP) is 2.77. The van der Waals surface area contributed by atoms with Gasteiger partial charge in [-0.25, -0.2) is 4.39 Å². The number of aliphatic hydroxyl groups is 1. The predicted molar refractivity (Wildman–Crippen MR) is 54.6 cm³/mol. The number of alkyl halides is 3. The molecule has 0 aromatic heterocycles. The first-order chi connectivity index (χ1) is 7.65. The molecule has 0 aliphatic heterocycles. The molecule has 0 aliphatic carbocycles. The van der Waals surface area contributed by atoms with Crippen molar-refractivity contribution >= 4 is 0 Å². The lowest BCUT2D eigenvalue weighted by atomic mass is 9.96. The van der Waals surface area contributed by atoms with Gasteiger partial charge in [-0.3, -0.25) is 0 Å². The van der Waals surface area contributed by atoms with Gasteiger partial charge in [0, 0.05) is 6.42 Å². The van der Waals surface area contributed by atoms with Crippen LogP contribution < -0.4 is 0 Å². The van der Waals surface area contributed by atoms with Gasteiger partial charge >= 0.3 is 6.18 Å². The van der Waals surface area contributed by atoms with E-state index >= 15 is 0 Å². The molecule has 1 rings (SSSR count). The van der Waals surface area contributed by atoms with Crippen molar-refractivity contribution in [3.8, 4) is 12.3 Å². The second-order valence-corrected chi connectivity index (χ2v) is 3.90. The van der Waals surface area contributed by atoms with Crippen LogP contribution >= 0.6 is 0 Å². The van der Waals surface area contributed by atoms with Crippen LogP contribution in [0.3, 0.4) is 0 Å². The first kappa shape index (κ1) is 13.5. The van der Waals surface area contributed by atoms with Gasteiger partial charge in [0.15, 0.2) is 0 Å². The van der Waals surface area contributed by atoms with Crippen LogP contribution in [0.5, 0.6) is 0 Å². The fourth-order valence-electron chi connectivity index (χ4n) is 1.29. The van der Waals surface area contributed by atoms with Crippen LogP contribution in [-0.4, -0.2) is 10.7 Å². The van der Waals surface area contributed by atoms with E-state index in [1.807, 2.05) is 5.92 Å². The third-order valence-electron chi connectivity index (χ3n) is 2.23. The molecule has 0 bridgehead atoms. The standard InChI is InChI=1S/C12H10F4O/c1-3-11(2,17)7-8-4-5-9(6-10(8)13)12(14,15)16/h1,4-6,17H,7H2,2H3. The fourth-order valence-corrected chi connectivity index (χ4v) is 1.29. The molecule has 0 aliphatic rings. The second kappa shape index (κ2) is 4.38. The van der Waals surface area contributed by atoms with Gasteiger partial charge in [0.25, 0.3) is 0 Å². The molecule has 1 aromatic carbocycles. The van der Waals surface area contributed by atoms with E-state index in [1.165, 1.54) is 6.92 Å². The molecule has 0 radical (unpaired) electrons. The van der Waals surface area contributed by atoms with E-state index in [0.29, 0.717) is 6.07 Å². The molecule has 1 atom stereocenters. The summed E-state index contributed by atoms with van der Waals surface area (Å²) in [5, 5.41) is 9.51. The minimum atomic E-state index is -4.59. The first-order valence-corrected chi connectivity index (χ1v) is 4.71. The van der Waals surface area contributed by atoms with Crippen molar-refractivity contribution < 1.29 is 22.7 Å². The van der Waals surface area contributed by atoms with Crippen molar-refractivity contribution in [1.82, 2.24) is 0 Å². The highest BCUT2D eigenvalue weighted by Crippen LogP contribution is 2.30. The number of halogens is 4. The lowest BCUT2D eigenvalue weighted by Gasteiger charge is -2.17. The van der Waals surface area contributed by atoms with Crippen LogP contribution in [0.15, 0.2) is 18.2 Å². The number of terminal acetylenes is 1. The normalized spacial score (nSPS) is 15.1. The van der Waals surface area contributed by atoms with Crippen LogP contribution in [0.1, 0.15) is 18.1 Å². The summed E-state index contributed by atoms with van der Waals surface area (Å²) >= 11 is 0. The average molecular weight is 246 g/mol. The van der Waals surface area contributed by atoms with Gasteiger partial charge in [0.05, 0.1) is 5.56 Å². The molecule has 0 saturated heterocycles. The summed E-state index contributed by atoms with van der Waals surface area (Å²) < 4.78 is 50.1. The average Bonchev–Trinajstić information content (AvgIpc) is 2.19. The molecule has 0 heterocycles. The molecule has 1 aromatic rings. The fraction of sp³-hybridized carbons (Fsp3) is 0.333. The van der Waals surface area contributed by atoms with Gasteiger partial charge in [-0.15, -0.1) is 6.42 Å². The maximum absolute atomic E-state index is 13.4. The third-order valence-corrected chi connectivity index (χ3v) is 2.23. The monoisotopic (exact) mass is 246 g/mol. The molecule has 1 nitrogen and oxygen atoms in total. The molecule has 92 valence electrons. The Morgan fingerprint density at radius 1 is 1.35 bits per heavy atom. The smallest absolute Gasteiger partial charge is 0.378 e. The number of hydrogen-bond acceptors (Lipinski definition) is 1. The second-order valence-electron chi connectivity index (χ2n) is 3.90. The summed E-state index contributed by atoms with van der Waals surface area (Å²) in [7, 11) is 0. The summed E-state index contributed by atoms with van der Waals surface area (Å²) in [5.74, 6) is 0.996. The van der Waals surface area contributed by atoms with Crippen LogP contribution in [0.2, 0.25) is 0 Å². The maximum Gasteiger partial charge on any atom is 0.416 e. The molecule has 0 spiro atoms. The Morgan fingerprint density at radius 2 is 1.94 bits per heavy atom. The van der Waals surface area contributed by atoms with E-state index in [9.17, 15) is 22.7 Å². The molecule has 1 N–H and O–H groups in total. The lowest BCUT2D eigenvalue weighted by Crippen LogP contribution is -2.25. The summed E-state index contributed by atoms with van der Waals surface area (Å²) in [5.41, 5.74) is -2.71. The number of hydrogen-bond donors (Lipinski definition) is 1. The number of benzene rings is 1. The Bertz CT molecular complexity index is 455. The summed E-state index contributed by atoms with van der Waals surface area (Å²) in [6.07, 6.45) is 0.169. The topological polar surface area (TPSA) is 20.2 Å². The Labute approximate surface area is 96.1 Å². The van der Waals surface area contributed by atoms with Crippen LogP contribution in [0.4, 0.5) is 17.6 Å². The van der Waals surface area contributed by atoms with E-state index in [2.05, 4.69) is 0 Å². The van der Waals surface area contributed by atoms with Gasteiger partial charge in [0.2, 0.25) is 0 Å². The van der Waals surface area contributed by atoms with Crippen LogP contribution in [0.25, 0.3) is 0 Å². The maximum atomic E-state index is 13.4. The molecule has 17 heavy (non-hydrogen) atoms. The Balaban J connectivity index is 3.04. The zero-order valence-electron chi connectivity index (χ0n) is 8.98. The van der Waals surface area contributed by atoms with Crippen molar-refractivity contribution in [2.75, 3.05) is 0 Å². The number of rotatable bonds is 2. The zero-order chi connectivity index (χ0) is 13.3. The molecule has 0 saturated carbocycles. The van der Waals surface area contributed by atoms with Crippen molar-refractivity contribution in [3.63, 3.8) is 0 Å². The SMILES string of the molecule is C#CC(C)(O)Cc1ccc(C(F)(F)F)cc1F. The van der Waals surface area contributed by atoms with Gasteiger partial charge in [-0.05, 0) is 24.6 Å². The van der Waals surface area contributed by atoms with Gasteiger partial charge < -0.3 is 5.11 Å². The molecule has 0 fully saturated rings. The summed E-state index contributed by atoms with van der Waals surface area (Å²) in [6.45, 7) is 1.28. The highest BCUT2D eigenvalue weighted by Gasteiger charge is 2.31. The highest BCUT2D eigenvalue weighted by atomic mass is 19.4. The largest absolute Gasteiger partial charge is 0.416 e. The van der Waals surface area contributed by atoms with Gasteiger partial charge in [-0.1, -0.05) is 12.0 Å². The highest BCUT2D eigenvalue weighted by molar-refractivity contribution is 5.28. The van der Waals surface area contributed by atoms with Crippen LogP contribution in [-0.2, 0) is 12.6 Å². The quantitative estimate of drug-likeness (QED) is 0.628. The Hall–Kier alpha value is -1.54. The van der Waals surface area contributed by atoms with Crippen molar-refractivity contribution in [2.24, 2.45) is 0 Å². The van der Waals surface area contributed by atoms with Crippen molar-refractivity contribution in [3.05, 3.63) is 35.1 Å². The van der Waals surface area contributed by atoms with Gasteiger partial charge in [-0.2, -0.15) is 13.2 Å². The first-order valence-electron chi connectivity index (χ1n) is 4.71. The van der Waals surface area contributed by atoms with E-state index in [4.69, 9.17) is 6.42 Å². The van der Waals surface area contributed by atoms with E-state index < -0.39 is 23.2 Å². The summed E-state index contributed by atoms with van der Waals surface area (Å²) in [4.78, 5) is 0. The molecular weight excluding hydrogens is 236 g/mol. The minimum absolute atomic E-state index is 0.0547. The van der Waals surface area contributed by atoms with E-state index in [0.717, 1.165) is 12.1 Å². The van der Waals surface area contributed by atoms with Crippen molar-refractivity contribution in [2.45, 2.75) is 25.1 Å². The van der Waals surface area contributed by atoms with Gasteiger partial charge in [0.1, 0.15) is 11.4 Å². The molecule has 5 heteroatoms. The third kappa shape index (κ3) is 3.46. The minimum Gasteiger partial charge on any atom is -0.378 e. The van der Waals surface area contributed by atoms with E-state index in [-0.39, 0.29) is 12.0 Å². The molecule has 0 amide bonds. The summed E-state index contributed by atoms with van der Waals surface area (Å²) in [6, 6.07) is 2.12. The molecular formula is C12H10F4O. The van der Waals surface area contributed by atoms with E-state index in [1.54, 1.807) is 0 Å². The Kier molecular flexibility index (Phi) is 3.48. The zero-order valence-corrected chi connectivity index (χ0v) is 8.98. The van der Waals surface area contributed by atoms with Crippen molar-refractivity contribution in [1.29, 1.82) is 0 Å². The van der Waals surface area contributed by atoms with Crippen LogP contribution in [0, 0.1) is 18.2 Å².